The van der Waals surface area contributed by atoms with Gasteiger partial charge >= 0.3 is 0 Å². The van der Waals surface area contributed by atoms with Crippen LogP contribution in [0.4, 0.5) is 5.69 Å². The second kappa shape index (κ2) is 6.92. The highest BCUT2D eigenvalue weighted by atomic mass is 32.2. The Kier molecular flexibility index (Phi) is 5.21. The summed E-state index contributed by atoms with van der Waals surface area (Å²) in [6, 6.07) is 9.63. The minimum Gasteiger partial charge on any atom is -0.297 e. The summed E-state index contributed by atoms with van der Waals surface area (Å²) in [4.78, 5) is 11.3. The van der Waals surface area contributed by atoms with Crippen LogP contribution in [0.3, 0.4) is 0 Å². The Morgan fingerprint density at radius 3 is 2.86 bits per heavy atom. The van der Waals surface area contributed by atoms with E-state index in [-0.39, 0.29) is 10.6 Å². The van der Waals surface area contributed by atoms with Gasteiger partial charge < -0.3 is 0 Å². The Balaban J connectivity index is 1.81. The maximum absolute atomic E-state index is 10.9. The highest BCUT2D eigenvalue weighted by Gasteiger charge is 2.31. The van der Waals surface area contributed by atoms with Crippen LogP contribution < -0.4 is 5.32 Å². The number of rotatable bonds is 8. The molecule has 1 aliphatic carbocycles. The molecule has 0 amide bonds. The van der Waals surface area contributed by atoms with Gasteiger partial charge in [0.15, 0.2) is 0 Å². The van der Waals surface area contributed by atoms with Crippen LogP contribution in [-0.2, 0) is 0 Å². The fraction of sp³-hybridized carbons (Fsp3) is 0.533. The normalized spacial score (nSPS) is 17.0. The number of hydrogen-bond acceptors (Lipinski definition) is 5. The van der Waals surface area contributed by atoms with E-state index in [9.17, 15) is 15.4 Å². The van der Waals surface area contributed by atoms with Gasteiger partial charge in [0, 0.05) is 12.1 Å². The number of benzene rings is 1. The van der Waals surface area contributed by atoms with Gasteiger partial charge in [-0.1, -0.05) is 12.1 Å². The lowest BCUT2D eigenvalue weighted by Gasteiger charge is -2.23. The van der Waals surface area contributed by atoms with Crippen LogP contribution in [0.15, 0.2) is 29.2 Å². The van der Waals surface area contributed by atoms with Crippen LogP contribution in [0.25, 0.3) is 0 Å². The van der Waals surface area contributed by atoms with Gasteiger partial charge in [0.25, 0.3) is 5.69 Å². The highest BCUT2D eigenvalue weighted by molar-refractivity contribution is 7.99. The summed E-state index contributed by atoms with van der Waals surface area (Å²) in [5.74, 6) is 0.772. The lowest BCUT2D eigenvalue weighted by atomic mass is 9.98. The SMILES string of the molecule is CC(C#N)(CCCSc1ccccc1[N+](=O)[O-])NC1CC1. The second-order valence-corrected chi connectivity index (χ2v) is 6.68. The fourth-order valence-corrected chi connectivity index (χ4v) is 3.15. The molecule has 0 aromatic heterocycles. The second-order valence-electron chi connectivity index (χ2n) is 5.54. The van der Waals surface area contributed by atoms with Crippen LogP contribution in [0.2, 0.25) is 0 Å². The van der Waals surface area contributed by atoms with E-state index in [4.69, 9.17) is 0 Å². The average Bonchev–Trinajstić information content (AvgIpc) is 3.27. The maximum Gasteiger partial charge on any atom is 0.282 e. The van der Waals surface area contributed by atoms with Crippen molar-refractivity contribution in [2.45, 2.75) is 49.1 Å². The van der Waals surface area contributed by atoms with Crippen molar-refractivity contribution in [1.29, 1.82) is 5.26 Å². The lowest BCUT2D eigenvalue weighted by Crippen LogP contribution is -2.42. The summed E-state index contributed by atoms with van der Waals surface area (Å²) in [6.45, 7) is 1.93. The molecule has 1 aromatic rings. The summed E-state index contributed by atoms with van der Waals surface area (Å²) in [6.07, 6.45) is 3.92. The molecule has 2 rings (SSSR count). The standard InChI is InChI=1S/C15H19N3O2S/c1-15(11-16,17-12-7-8-12)9-4-10-21-14-6-3-2-5-13(14)18(19)20/h2-3,5-6,12,17H,4,7-10H2,1H3. The molecular weight excluding hydrogens is 286 g/mol. The Morgan fingerprint density at radius 2 is 2.24 bits per heavy atom. The lowest BCUT2D eigenvalue weighted by molar-refractivity contribution is -0.387. The Morgan fingerprint density at radius 1 is 1.52 bits per heavy atom. The number of nitrogens with one attached hydrogen (secondary N) is 1. The first-order valence-corrected chi connectivity index (χ1v) is 8.08. The molecule has 1 aromatic carbocycles. The molecule has 0 radical (unpaired) electrons. The predicted octanol–water partition coefficient (Wildman–Crippen LogP) is 3.50. The van der Waals surface area contributed by atoms with Crippen molar-refractivity contribution in [2.24, 2.45) is 0 Å². The number of hydrogen-bond donors (Lipinski definition) is 1. The first kappa shape index (κ1) is 15.8. The van der Waals surface area contributed by atoms with Crippen LogP contribution in [0.5, 0.6) is 0 Å². The molecule has 0 bridgehead atoms. The predicted molar refractivity (Wildman–Crippen MR) is 83.2 cm³/mol. The Bertz CT molecular complexity index is 554. The molecule has 6 heteroatoms. The molecular formula is C15H19N3O2S. The monoisotopic (exact) mass is 305 g/mol. The summed E-state index contributed by atoms with van der Waals surface area (Å²) in [5.41, 5.74) is -0.327. The van der Waals surface area contributed by atoms with Gasteiger partial charge in [-0.15, -0.1) is 11.8 Å². The van der Waals surface area contributed by atoms with Gasteiger partial charge in [-0.05, 0) is 44.4 Å². The number of thioether (sulfide) groups is 1. The van der Waals surface area contributed by atoms with Crippen LogP contribution in [-0.4, -0.2) is 22.3 Å². The van der Waals surface area contributed by atoms with Crippen molar-refractivity contribution < 1.29 is 4.92 Å². The number of nitrogens with zero attached hydrogens (tertiary/aromatic N) is 2. The third kappa shape index (κ3) is 4.73. The van der Waals surface area contributed by atoms with Crippen molar-refractivity contribution in [3.05, 3.63) is 34.4 Å². The summed E-state index contributed by atoms with van der Waals surface area (Å²) in [7, 11) is 0. The Hall–Kier alpha value is -1.58. The number of nitriles is 1. The molecule has 0 aliphatic heterocycles. The van der Waals surface area contributed by atoms with Crippen LogP contribution in [0.1, 0.15) is 32.6 Å². The minimum atomic E-state index is -0.482. The molecule has 1 fully saturated rings. The minimum absolute atomic E-state index is 0.154. The van der Waals surface area contributed by atoms with E-state index >= 15 is 0 Å². The van der Waals surface area contributed by atoms with Gasteiger partial charge in [0.1, 0.15) is 5.54 Å². The van der Waals surface area contributed by atoms with E-state index in [1.165, 1.54) is 17.8 Å². The average molecular weight is 305 g/mol. The molecule has 5 nitrogen and oxygen atoms in total. The van der Waals surface area contributed by atoms with E-state index < -0.39 is 5.54 Å². The molecule has 0 heterocycles. The largest absolute Gasteiger partial charge is 0.297 e. The van der Waals surface area contributed by atoms with Gasteiger partial charge in [-0.3, -0.25) is 15.4 Å². The van der Waals surface area contributed by atoms with E-state index in [1.807, 2.05) is 13.0 Å². The van der Waals surface area contributed by atoms with Crippen LogP contribution >= 0.6 is 11.8 Å². The highest BCUT2D eigenvalue weighted by Crippen LogP contribution is 2.30. The first-order chi connectivity index (χ1) is 10.0. The zero-order chi connectivity index (χ0) is 15.3. The van der Waals surface area contributed by atoms with E-state index in [2.05, 4.69) is 11.4 Å². The molecule has 1 saturated carbocycles. The zero-order valence-electron chi connectivity index (χ0n) is 12.0. The molecule has 21 heavy (non-hydrogen) atoms. The first-order valence-electron chi connectivity index (χ1n) is 7.09. The smallest absolute Gasteiger partial charge is 0.282 e. The van der Waals surface area contributed by atoms with Crippen molar-refractivity contribution in [3.63, 3.8) is 0 Å². The van der Waals surface area contributed by atoms with Gasteiger partial charge in [0.05, 0.1) is 15.9 Å². The van der Waals surface area contributed by atoms with Crippen LogP contribution in [0, 0.1) is 21.4 Å². The van der Waals surface area contributed by atoms with E-state index in [0.717, 1.165) is 31.4 Å². The third-order valence-electron chi connectivity index (χ3n) is 3.49. The molecule has 0 spiro atoms. The van der Waals surface area contributed by atoms with Gasteiger partial charge in [-0.25, -0.2) is 0 Å². The molecule has 0 saturated heterocycles. The zero-order valence-corrected chi connectivity index (χ0v) is 12.9. The van der Waals surface area contributed by atoms with Crippen molar-refractivity contribution in [2.75, 3.05) is 5.75 Å². The van der Waals surface area contributed by atoms with Gasteiger partial charge in [-0.2, -0.15) is 5.26 Å². The maximum atomic E-state index is 10.9. The summed E-state index contributed by atoms with van der Waals surface area (Å²) < 4.78 is 0. The third-order valence-corrected chi connectivity index (χ3v) is 4.64. The summed E-state index contributed by atoms with van der Waals surface area (Å²) in [5, 5.41) is 23.6. The number of nitro benzene ring substituents is 1. The molecule has 1 N–H and O–H groups in total. The molecule has 1 atom stereocenters. The van der Waals surface area contributed by atoms with Gasteiger partial charge in [0.2, 0.25) is 0 Å². The number of para-hydroxylation sites is 1. The van der Waals surface area contributed by atoms with E-state index in [1.54, 1.807) is 12.1 Å². The topological polar surface area (TPSA) is 79.0 Å². The molecule has 1 aliphatic rings. The van der Waals surface area contributed by atoms with E-state index in [0.29, 0.717) is 10.9 Å². The van der Waals surface area contributed by atoms with Crippen molar-refractivity contribution in [1.82, 2.24) is 5.32 Å². The Labute approximate surface area is 128 Å². The summed E-state index contributed by atoms with van der Waals surface area (Å²) >= 11 is 1.48. The quantitative estimate of drug-likeness (QED) is 0.344. The van der Waals surface area contributed by atoms with Crippen molar-refractivity contribution in [3.8, 4) is 6.07 Å². The molecule has 112 valence electrons. The fourth-order valence-electron chi connectivity index (χ4n) is 2.18. The van der Waals surface area contributed by atoms with Crippen molar-refractivity contribution >= 4 is 17.4 Å². The molecule has 1 unspecified atom stereocenters. The number of nitro groups is 1.